The average molecular weight is 423 g/mol. The average Bonchev–Trinajstić information content (AvgIpc) is 3.35. The van der Waals surface area contributed by atoms with Crippen LogP contribution in [0, 0.1) is 11.3 Å². The molecule has 2 aromatic heterocycles. The second-order valence-corrected chi connectivity index (χ2v) is 10.4. The molecule has 1 fully saturated rings. The third-order valence-corrected chi connectivity index (χ3v) is 7.46. The van der Waals surface area contributed by atoms with Gasteiger partial charge in [-0.2, -0.15) is 5.10 Å². The molecule has 2 N–H and O–H groups in total. The summed E-state index contributed by atoms with van der Waals surface area (Å²) in [5, 5.41) is 7.96. The zero-order valence-electron chi connectivity index (χ0n) is 19.0. The number of fused-ring (bicyclic) bond motifs is 2. The summed E-state index contributed by atoms with van der Waals surface area (Å²) in [6.45, 7) is 6.23. The number of H-pyrrole nitrogens is 2. The summed E-state index contributed by atoms with van der Waals surface area (Å²) in [7, 11) is 1.94. The molecule has 0 bridgehead atoms. The SMILES string of the molecule is CN(C(=O)CC1CCOCC1)C1C=Cc2cc(-c3n[nH]c4c3CCC(C)(C)C4)[nH]c2C1. The minimum absolute atomic E-state index is 0.0974. The Bertz CT molecular complexity index is 993. The van der Waals surface area contributed by atoms with Crippen LogP contribution in [0.3, 0.4) is 0 Å². The van der Waals surface area contributed by atoms with Crippen molar-refractivity contribution >= 4 is 12.0 Å². The first-order valence-electron chi connectivity index (χ1n) is 11.7. The van der Waals surface area contributed by atoms with Crippen LogP contribution in [0.15, 0.2) is 12.1 Å². The van der Waals surface area contributed by atoms with E-state index in [1.807, 2.05) is 11.9 Å². The van der Waals surface area contributed by atoms with Crippen LogP contribution in [0.25, 0.3) is 17.5 Å². The Kier molecular flexibility index (Phi) is 5.29. The number of hydrogen-bond donors (Lipinski definition) is 2. The van der Waals surface area contributed by atoms with Gasteiger partial charge in [0.05, 0.1) is 11.7 Å². The molecule has 1 unspecified atom stereocenters. The van der Waals surface area contributed by atoms with Crippen LogP contribution in [0.4, 0.5) is 0 Å². The van der Waals surface area contributed by atoms with Crippen LogP contribution in [-0.4, -0.2) is 52.3 Å². The van der Waals surface area contributed by atoms with E-state index in [4.69, 9.17) is 4.74 Å². The predicted octanol–water partition coefficient (Wildman–Crippen LogP) is 4.13. The molecule has 1 aliphatic heterocycles. The summed E-state index contributed by atoms with van der Waals surface area (Å²) in [4.78, 5) is 18.4. The van der Waals surface area contributed by atoms with Gasteiger partial charge in [-0.1, -0.05) is 26.0 Å². The van der Waals surface area contributed by atoms with E-state index < -0.39 is 0 Å². The molecular formula is C25H34N4O2. The van der Waals surface area contributed by atoms with Crippen molar-refractivity contribution in [3.63, 3.8) is 0 Å². The maximum absolute atomic E-state index is 12.9. The minimum atomic E-state index is 0.0974. The zero-order valence-corrected chi connectivity index (χ0v) is 19.0. The first-order valence-corrected chi connectivity index (χ1v) is 11.7. The Balaban J connectivity index is 1.29. The van der Waals surface area contributed by atoms with Gasteiger partial charge in [-0.3, -0.25) is 9.89 Å². The van der Waals surface area contributed by atoms with Gasteiger partial charge in [0.25, 0.3) is 0 Å². The fourth-order valence-corrected chi connectivity index (χ4v) is 5.31. The van der Waals surface area contributed by atoms with E-state index in [1.165, 1.54) is 28.9 Å². The van der Waals surface area contributed by atoms with E-state index in [1.54, 1.807) is 0 Å². The topological polar surface area (TPSA) is 74.0 Å². The fourth-order valence-electron chi connectivity index (χ4n) is 5.31. The molecule has 0 radical (unpaired) electrons. The zero-order chi connectivity index (χ0) is 21.6. The number of ether oxygens (including phenoxy) is 1. The Morgan fingerprint density at radius 2 is 2.10 bits per heavy atom. The van der Waals surface area contributed by atoms with Gasteiger partial charge < -0.3 is 14.6 Å². The highest BCUT2D eigenvalue weighted by Gasteiger charge is 2.30. The van der Waals surface area contributed by atoms with Crippen LogP contribution < -0.4 is 0 Å². The molecule has 6 heteroatoms. The van der Waals surface area contributed by atoms with E-state index in [0.717, 1.165) is 56.7 Å². The quantitative estimate of drug-likeness (QED) is 0.778. The van der Waals surface area contributed by atoms with Crippen molar-refractivity contribution in [2.75, 3.05) is 20.3 Å². The third kappa shape index (κ3) is 4.10. The van der Waals surface area contributed by atoms with E-state index in [-0.39, 0.29) is 11.9 Å². The molecule has 5 rings (SSSR count). The molecule has 1 saturated heterocycles. The molecule has 1 amide bonds. The summed E-state index contributed by atoms with van der Waals surface area (Å²) >= 11 is 0. The predicted molar refractivity (Wildman–Crippen MR) is 122 cm³/mol. The third-order valence-electron chi connectivity index (χ3n) is 7.46. The van der Waals surface area contributed by atoms with Gasteiger partial charge in [-0.25, -0.2) is 0 Å². The molecule has 31 heavy (non-hydrogen) atoms. The van der Waals surface area contributed by atoms with Crippen LogP contribution in [0.2, 0.25) is 0 Å². The normalized spacial score (nSPS) is 22.7. The molecule has 1 atom stereocenters. The molecule has 3 aliphatic rings. The molecule has 6 nitrogen and oxygen atoms in total. The smallest absolute Gasteiger partial charge is 0.223 e. The molecule has 2 aliphatic carbocycles. The van der Waals surface area contributed by atoms with Gasteiger partial charge in [-0.15, -0.1) is 0 Å². The number of aromatic amines is 2. The van der Waals surface area contributed by atoms with E-state index >= 15 is 0 Å². The number of carbonyl (C=O) groups excluding carboxylic acids is 1. The minimum Gasteiger partial charge on any atom is -0.381 e. The molecule has 0 aromatic carbocycles. The van der Waals surface area contributed by atoms with Crippen molar-refractivity contribution in [3.8, 4) is 11.4 Å². The van der Waals surface area contributed by atoms with Crippen molar-refractivity contribution < 1.29 is 9.53 Å². The van der Waals surface area contributed by atoms with Crippen LogP contribution in [0.5, 0.6) is 0 Å². The molecule has 166 valence electrons. The van der Waals surface area contributed by atoms with Crippen molar-refractivity contribution in [3.05, 3.63) is 34.7 Å². The van der Waals surface area contributed by atoms with Gasteiger partial charge in [0.1, 0.15) is 5.69 Å². The summed E-state index contributed by atoms with van der Waals surface area (Å²) in [6, 6.07) is 2.31. The number of hydrogen-bond acceptors (Lipinski definition) is 3. The highest BCUT2D eigenvalue weighted by Crippen LogP contribution is 2.38. The first-order chi connectivity index (χ1) is 14.9. The van der Waals surface area contributed by atoms with Crippen molar-refractivity contribution in [1.29, 1.82) is 0 Å². The number of rotatable bonds is 4. The lowest BCUT2D eigenvalue weighted by Crippen LogP contribution is -2.39. The highest BCUT2D eigenvalue weighted by molar-refractivity contribution is 5.77. The number of nitrogens with zero attached hydrogens (tertiary/aromatic N) is 2. The Hall–Kier alpha value is -2.34. The van der Waals surface area contributed by atoms with Gasteiger partial charge in [0, 0.05) is 50.1 Å². The van der Waals surface area contributed by atoms with E-state index in [9.17, 15) is 4.79 Å². The van der Waals surface area contributed by atoms with Crippen molar-refractivity contribution in [2.45, 2.75) is 64.8 Å². The van der Waals surface area contributed by atoms with Crippen LogP contribution >= 0.6 is 0 Å². The Morgan fingerprint density at radius 3 is 2.90 bits per heavy atom. The summed E-state index contributed by atoms with van der Waals surface area (Å²) in [5.41, 5.74) is 7.54. The van der Waals surface area contributed by atoms with Crippen molar-refractivity contribution in [1.82, 2.24) is 20.1 Å². The summed E-state index contributed by atoms with van der Waals surface area (Å²) in [6.07, 6.45) is 11.1. The summed E-state index contributed by atoms with van der Waals surface area (Å²) < 4.78 is 5.43. The number of nitrogens with one attached hydrogen (secondary N) is 2. The monoisotopic (exact) mass is 422 g/mol. The van der Waals surface area contributed by atoms with Gasteiger partial charge in [-0.05, 0) is 55.1 Å². The molecule has 2 aromatic rings. The standard InChI is InChI=1S/C25H34N4O2/c1-25(2)9-6-19-22(15-25)27-28-24(19)21-13-17-4-5-18(14-20(17)26-21)29(3)23(30)12-16-7-10-31-11-8-16/h4-5,13,16,18,26H,6-12,14-15H2,1-3H3,(H,27,28). The van der Waals surface area contributed by atoms with Gasteiger partial charge in [0.15, 0.2) is 0 Å². The fraction of sp³-hybridized carbons (Fsp3) is 0.600. The highest BCUT2D eigenvalue weighted by atomic mass is 16.5. The lowest BCUT2D eigenvalue weighted by atomic mass is 9.76. The largest absolute Gasteiger partial charge is 0.381 e. The molecule has 0 spiro atoms. The lowest BCUT2D eigenvalue weighted by Gasteiger charge is -2.30. The van der Waals surface area contributed by atoms with Gasteiger partial charge >= 0.3 is 0 Å². The Labute approximate surface area is 184 Å². The Morgan fingerprint density at radius 1 is 1.29 bits per heavy atom. The maximum Gasteiger partial charge on any atom is 0.223 e. The van der Waals surface area contributed by atoms with E-state index in [2.05, 4.69) is 47.2 Å². The number of aromatic nitrogens is 3. The maximum atomic E-state index is 12.9. The second-order valence-electron chi connectivity index (χ2n) is 10.4. The molecular weight excluding hydrogens is 388 g/mol. The first kappa shape index (κ1) is 20.6. The van der Waals surface area contributed by atoms with Crippen LogP contribution in [-0.2, 0) is 28.8 Å². The van der Waals surface area contributed by atoms with Crippen molar-refractivity contribution in [2.24, 2.45) is 11.3 Å². The number of carbonyl (C=O) groups is 1. The number of likely N-dealkylation sites (N-methyl/N-ethyl adjacent to an activating group) is 1. The molecule has 0 saturated carbocycles. The molecule has 3 heterocycles. The van der Waals surface area contributed by atoms with E-state index in [0.29, 0.717) is 17.8 Å². The van der Waals surface area contributed by atoms with Crippen LogP contribution in [0.1, 0.15) is 62.0 Å². The second kappa shape index (κ2) is 7.97. The van der Waals surface area contributed by atoms with Gasteiger partial charge in [0.2, 0.25) is 5.91 Å². The summed E-state index contributed by atoms with van der Waals surface area (Å²) in [5.74, 6) is 0.695. The lowest BCUT2D eigenvalue weighted by molar-refractivity contribution is -0.132. The number of amides is 1.